The van der Waals surface area contributed by atoms with Crippen LogP contribution in [0.4, 0.5) is 0 Å². The second-order valence-electron chi connectivity index (χ2n) is 4.46. The molecule has 1 N–H and O–H groups in total. The minimum atomic E-state index is 0.243. The maximum Gasteiger partial charge on any atom is 0.124 e. The number of nitrogens with one attached hydrogen (secondary N) is 1. The Labute approximate surface area is 96.7 Å². The molecule has 88 valence electrons. The Morgan fingerprint density at radius 1 is 1.44 bits per heavy atom. The molecule has 0 fully saturated rings. The minimum absolute atomic E-state index is 0.243. The van der Waals surface area contributed by atoms with Gasteiger partial charge in [0.25, 0.3) is 0 Å². The van der Waals surface area contributed by atoms with Crippen molar-refractivity contribution in [2.75, 3.05) is 13.7 Å². The third-order valence-electron chi connectivity index (χ3n) is 3.00. The second kappa shape index (κ2) is 4.85. The van der Waals surface area contributed by atoms with Crippen LogP contribution in [0.15, 0.2) is 18.2 Å². The van der Waals surface area contributed by atoms with Crippen molar-refractivity contribution in [2.24, 2.45) is 0 Å². The number of hydrogen-bond acceptors (Lipinski definition) is 3. The van der Waals surface area contributed by atoms with Gasteiger partial charge in [-0.15, -0.1) is 0 Å². The fraction of sp³-hybridized carbons (Fsp3) is 0.538. The standard InChI is InChI=1S/C13H19NO2/c1-9(2)10-4-5-13-11(8-10)12(14-15-3)6-7-16-13/h4-5,8-9,12,14H,6-7H2,1-3H3. The van der Waals surface area contributed by atoms with Crippen LogP contribution in [-0.4, -0.2) is 13.7 Å². The van der Waals surface area contributed by atoms with Gasteiger partial charge in [-0.1, -0.05) is 26.0 Å². The maximum atomic E-state index is 5.64. The summed E-state index contributed by atoms with van der Waals surface area (Å²) in [6.07, 6.45) is 0.947. The van der Waals surface area contributed by atoms with E-state index < -0.39 is 0 Å². The second-order valence-corrected chi connectivity index (χ2v) is 4.46. The molecule has 0 amide bonds. The Balaban J connectivity index is 2.32. The molecule has 0 aliphatic carbocycles. The smallest absolute Gasteiger partial charge is 0.124 e. The van der Waals surface area contributed by atoms with Crippen molar-refractivity contribution in [3.63, 3.8) is 0 Å². The molecule has 0 saturated carbocycles. The molecule has 1 aromatic carbocycles. The maximum absolute atomic E-state index is 5.64. The lowest BCUT2D eigenvalue weighted by molar-refractivity contribution is 0.0462. The van der Waals surface area contributed by atoms with Gasteiger partial charge in [0, 0.05) is 12.0 Å². The van der Waals surface area contributed by atoms with Crippen molar-refractivity contribution in [2.45, 2.75) is 32.2 Å². The molecule has 1 heterocycles. The molecule has 3 nitrogen and oxygen atoms in total. The van der Waals surface area contributed by atoms with Gasteiger partial charge in [0.2, 0.25) is 0 Å². The van der Waals surface area contributed by atoms with Crippen LogP contribution in [0.25, 0.3) is 0 Å². The van der Waals surface area contributed by atoms with Gasteiger partial charge in [0.1, 0.15) is 5.75 Å². The molecule has 1 aliphatic rings. The predicted octanol–water partition coefficient (Wildman–Crippen LogP) is 2.78. The topological polar surface area (TPSA) is 30.5 Å². The van der Waals surface area contributed by atoms with Crippen molar-refractivity contribution < 1.29 is 9.57 Å². The van der Waals surface area contributed by atoms with Crippen LogP contribution >= 0.6 is 0 Å². The fourth-order valence-electron chi connectivity index (χ4n) is 2.04. The van der Waals surface area contributed by atoms with E-state index in [0.29, 0.717) is 5.92 Å². The Morgan fingerprint density at radius 3 is 2.94 bits per heavy atom. The Morgan fingerprint density at radius 2 is 2.25 bits per heavy atom. The van der Waals surface area contributed by atoms with Gasteiger partial charge < -0.3 is 9.57 Å². The van der Waals surface area contributed by atoms with Crippen LogP contribution in [0.5, 0.6) is 5.75 Å². The van der Waals surface area contributed by atoms with Crippen LogP contribution in [-0.2, 0) is 4.84 Å². The first-order valence-electron chi connectivity index (χ1n) is 5.77. The van der Waals surface area contributed by atoms with E-state index in [-0.39, 0.29) is 6.04 Å². The zero-order chi connectivity index (χ0) is 11.5. The number of hydroxylamine groups is 1. The summed E-state index contributed by atoms with van der Waals surface area (Å²) in [6, 6.07) is 6.66. The van der Waals surface area contributed by atoms with Gasteiger partial charge in [-0.2, -0.15) is 5.48 Å². The molecular formula is C13H19NO2. The number of benzene rings is 1. The van der Waals surface area contributed by atoms with E-state index >= 15 is 0 Å². The highest BCUT2D eigenvalue weighted by atomic mass is 16.6. The summed E-state index contributed by atoms with van der Waals surface area (Å²) in [4.78, 5) is 5.03. The largest absolute Gasteiger partial charge is 0.493 e. The van der Waals surface area contributed by atoms with Crippen molar-refractivity contribution >= 4 is 0 Å². The molecular weight excluding hydrogens is 202 g/mol. The lowest BCUT2D eigenvalue weighted by Crippen LogP contribution is -2.26. The van der Waals surface area contributed by atoms with Gasteiger partial charge in [0.05, 0.1) is 19.8 Å². The van der Waals surface area contributed by atoms with Gasteiger partial charge in [-0.3, -0.25) is 0 Å². The van der Waals surface area contributed by atoms with Crippen molar-refractivity contribution in [3.05, 3.63) is 29.3 Å². The third kappa shape index (κ3) is 2.20. The Hall–Kier alpha value is -1.06. The van der Waals surface area contributed by atoms with Crippen LogP contribution in [0.2, 0.25) is 0 Å². The lowest BCUT2D eigenvalue weighted by atomic mass is 9.95. The first kappa shape index (κ1) is 11.4. The van der Waals surface area contributed by atoms with Crippen LogP contribution in [0, 0.1) is 0 Å². The summed E-state index contributed by atoms with van der Waals surface area (Å²) in [6.45, 7) is 5.14. The minimum Gasteiger partial charge on any atom is -0.493 e. The highest BCUT2D eigenvalue weighted by Gasteiger charge is 2.21. The summed E-state index contributed by atoms with van der Waals surface area (Å²) < 4.78 is 5.64. The monoisotopic (exact) mass is 221 g/mol. The molecule has 2 rings (SSSR count). The van der Waals surface area contributed by atoms with Gasteiger partial charge >= 0.3 is 0 Å². The quantitative estimate of drug-likeness (QED) is 0.796. The summed E-state index contributed by atoms with van der Waals surface area (Å²) >= 11 is 0. The van der Waals surface area contributed by atoms with Crippen molar-refractivity contribution in [3.8, 4) is 5.75 Å². The van der Waals surface area contributed by atoms with E-state index in [9.17, 15) is 0 Å². The molecule has 1 aliphatic heterocycles. The molecule has 0 spiro atoms. The summed E-state index contributed by atoms with van der Waals surface area (Å²) in [5, 5.41) is 0. The van der Waals surface area contributed by atoms with E-state index in [2.05, 4.69) is 37.5 Å². The highest BCUT2D eigenvalue weighted by molar-refractivity contribution is 5.41. The molecule has 0 aromatic heterocycles. The van der Waals surface area contributed by atoms with E-state index in [1.807, 2.05) is 0 Å². The third-order valence-corrected chi connectivity index (χ3v) is 3.00. The summed E-state index contributed by atoms with van der Waals surface area (Å²) in [5.41, 5.74) is 5.57. The molecule has 1 aromatic rings. The summed E-state index contributed by atoms with van der Waals surface area (Å²) in [5.74, 6) is 1.51. The zero-order valence-corrected chi connectivity index (χ0v) is 10.1. The summed E-state index contributed by atoms with van der Waals surface area (Å²) in [7, 11) is 1.65. The van der Waals surface area contributed by atoms with Crippen molar-refractivity contribution in [1.29, 1.82) is 0 Å². The molecule has 0 bridgehead atoms. The average Bonchev–Trinajstić information content (AvgIpc) is 2.29. The normalized spacial score (nSPS) is 19.4. The predicted molar refractivity (Wildman–Crippen MR) is 63.5 cm³/mol. The molecule has 3 heteroatoms. The lowest BCUT2D eigenvalue weighted by Gasteiger charge is -2.26. The van der Waals surface area contributed by atoms with E-state index in [1.54, 1.807) is 7.11 Å². The molecule has 0 radical (unpaired) electrons. The fourth-order valence-corrected chi connectivity index (χ4v) is 2.04. The zero-order valence-electron chi connectivity index (χ0n) is 10.1. The van der Waals surface area contributed by atoms with E-state index in [1.165, 1.54) is 11.1 Å². The van der Waals surface area contributed by atoms with Crippen molar-refractivity contribution in [1.82, 2.24) is 5.48 Å². The highest BCUT2D eigenvalue weighted by Crippen LogP contribution is 2.34. The van der Waals surface area contributed by atoms with Crippen LogP contribution < -0.4 is 10.2 Å². The van der Waals surface area contributed by atoms with Crippen LogP contribution in [0.3, 0.4) is 0 Å². The number of hydrogen-bond donors (Lipinski definition) is 1. The van der Waals surface area contributed by atoms with Crippen LogP contribution in [0.1, 0.15) is 43.4 Å². The molecule has 1 unspecified atom stereocenters. The number of rotatable bonds is 3. The van der Waals surface area contributed by atoms with Gasteiger partial charge in [-0.25, -0.2) is 0 Å². The Bertz CT molecular complexity index is 363. The number of ether oxygens (including phenoxy) is 1. The SMILES string of the molecule is CONC1CCOc2ccc(C(C)C)cc21. The average molecular weight is 221 g/mol. The number of fused-ring (bicyclic) bond motifs is 1. The first-order valence-corrected chi connectivity index (χ1v) is 5.77. The van der Waals surface area contributed by atoms with E-state index in [4.69, 9.17) is 9.57 Å². The Kier molecular flexibility index (Phi) is 3.46. The molecule has 16 heavy (non-hydrogen) atoms. The van der Waals surface area contributed by atoms with Gasteiger partial charge in [-0.05, 0) is 17.5 Å². The molecule has 0 saturated heterocycles. The molecule has 1 atom stereocenters. The van der Waals surface area contributed by atoms with Gasteiger partial charge in [0.15, 0.2) is 0 Å². The van der Waals surface area contributed by atoms with E-state index in [0.717, 1.165) is 18.8 Å². The first-order chi connectivity index (χ1) is 7.72.